The summed E-state index contributed by atoms with van der Waals surface area (Å²) in [6.07, 6.45) is -27.6. The van der Waals surface area contributed by atoms with E-state index in [4.69, 9.17) is 34.8 Å². The second-order valence-electron chi connectivity index (χ2n) is 6.24. The van der Waals surface area contributed by atoms with Crippen LogP contribution >= 0.6 is 34.8 Å². The molecule has 186 valence electrons. The number of nitrogens with one attached hydrogen (secondary N) is 2. The van der Waals surface area contributed by atoms with Gasteiger partial charge in [-0.25, -0.2) is 10.3 Å². The molecule has 0 bridgehead atoms. The lowest BCUT2D eigenvalue weighted by Gasteiger charge is -2.39. The molecule has 1 amide bonds. The fourth-order valence-corrected chi connectivity index (χ4v) is 3.65. The fourth-order valence-electron chi connectivity index (χ4n) is 2.66. The maximum absolute atomic E-state index is 13.5. The highest BCUT2D eigenvalue weighted by atomic mass is 35.5. The third kappa shape index (κ3) is 4.30. The number of alkyl halides is 12. The molecule has 0 radical (unpaired) electrons. The fraction of sp³-hybridized carbons (Fsp3) is 0.429. The average molecular weight is 565 g/mol. The van der Waals surface area contributed by atoms with Gasteiger partial charge in [0.1, 0.15) is 5.84 Å². The van der Waals surface area contributed by atoms with Crippen molar-refractivity contribution in [3.8, 4) is 0 Å². The van der Waals surface area contributed by atoms with Crippen molar-refractivity contribution in [1.82, 2.24) is 10.6 Å². The van der Waals surface area contributed by atoms with Crippen LogP contribution in [0.3, 0.4) is 0 Å². The summed E-state index contributed by atoms with van der Waals surface area (Å²) < 4.78 is 161. The van der Waals surface area contributed by atoms with Crippen LogP contribution in [0.1, 0.15) is 10.4 Å². The molecule has 4 nitrogen and oxygen atoms in total. The summed E-state index contributed by atoms with van der Waals surface area (Å²) in [4.78, 5) is 13.9. The van der Waals surface area contributed by atoms with Crippen molar-refractivity contribution in [3.05, 3.63) is 32.8 Å². The summed E-state index contributed by atoms with van der Waals surface area (Å²) in [5, 5.41) is -1.68. The molecule has 0 aliphatic carbocycles. The lowest BCUT2D eigenvalue weighted by atomic mass is 9.95. The van der Waals surface area contributed by atoms with E-state index in [9.17, 15) is 57.5 Å². The molecule has 0 saturated carbocycles. The SMILES string of the molecule is O=C(NC1=NC(C(F)(F)F)(C(F)(F)F)NC1(C(F)(F)F)C(F)(F)F)c1c(Cl)cc(Cl)cc1Cl. The van der Waals surface area contributed by atoms with Gasteiger partial charge in [-0.15, -0.1) is 0 Å². The number of amides is 1. The molecule has 1 aromatic rings. The van der Waals surface area contributed by atoms with Gasteiger partial charge in [-0.3, -0.25) is 4.79 Å². The van der Waals surface area contributed by atoms with E-state index >= 15 is 0 Å². The first kappa shape index (κ1) is 27.6. The Kier molecular flexibility index (Phi) is 6.65. The Morgan fingerprint density at radius 2 is 1.18 bits per heavy atom. The minimum atomic E-state index is -6.93. The van der Waals surface area contributed by atoms with Gasteiger partial charge in [-0.05, 0) is 12.1 Å². The van der Waals surface area contributed by atoms with Gasteiger partial charge in [0.05, 0.1) is 15.6 Å². The Morgan fingerprint density at radius 3 is 1.52 bits per heavy atom. The maximum Gasteiger partial charge on any atom is 0.436 e. The number of halogens is 15. The Bertz CT molecular complexity index is 945. The lowest BCUT2D eigenvalue weighted by Crippen LogP contribution is -2.77. The summed E-state index contributed by atoms with van der Waals surface area (Å²) in [5.41, 5.74) is -13.3. The van der Waals surface area contributed by atoms with Gasteiger partial charge in [0.25, 0.3) is 11.4 Å². The first-order chi connectivity index (χ1) is 14.5. The number of carbonyl (C=O) groups is 1. The molecule has 1 aromatic carbocycles. The normalized spacial score (nSPS) is 18.8. The van der Waals surface area contributed by atoms with Gasteiger partial charge in [-0.2, -0.15) is 52.7 Å². The Labute approximate surface area is 188 Å². The minimum Gasteiger partial charge on any atom is -0.308 e. The molecule has 19 heteroatoms. The zero-order valence-corrected chi connectivity index (χ0v) is 16.9. The van der Waals surface area contributed by atoms with Crippen molar-refractivity contribution in [2.24, 2.45) is 4.99 Å². The molecule has 2 rings (SSSR count). The Morgan fingerprint density at radius 1 is 0.788 bits per heavy atom. The number of amidine groups is 1. The van der Waals surface area contributed by atoms with Crippen molar-refractivity contribution >= 4 is 46.5 Å². The van der Waals surface area contributed by atoms with E-state index in [1.807, 2.05) is 0 Å². The monoisotopic (exact) mass is 563 g/mol. The topological polar surface area (TPSA) is 53.5 Å². The summed E-state index contributed by atoms with van der Waals surface area (Å²) >= 11 is 16.7. The smallest absolute Gasteiger partial charge is 0.308 e. The molecule has 2 N–H and O–H groups in total. The number of hydrogen-bond acceptors (Lipinski definition) is 3. The summed E-state index contributed by atoms with van der Waals surface area (Å²) in [7, 11) is 0. The quantitative estimate of drug-likeness (QED) is 0.408. The average Bonchev–Trinajstić information content (AvgIpc) is 2.90. The van der Waals surface area contributed by atoms with Crippen LogP contribution in [-0.4, -0.2) is 47.6 Å². The van der Waals surface area contributed by atoms with Gasteiger partial charge in [-0.1, -0.05) is 34.8 Å². The van der Waals surface area contributed by atoms with Crippen LogP contribution in [0, 0.1) is 0 Å². The molecular formula is C14H4Cl3F12N3O. The Balaban J connectivity index is 2.84. The van der Waals surface area contributed by atoms with Gasteiger partial charge in [0.2, 0.25) is 0 Å². The van der Waals surface area contributed by atoms with Crippen LogP contribution in [0.2, 0.25) is 15.1 Å². The van der Waals surface area contributed by atoms with Gasteiger partial charge in [0, 0.05) is 5.02 Å². The zero-order valence-electron chi connectivity index (χ0n) is 14.7. The van der Waals surface area contributed by atoms with Gasteiger partial charge >= 0.3 is 30.4 Å². The van der Waals surface area contributed by atoms with Crippen LogP contribution in [0.25, 0.3) is 0 Å². The van der Waals surface area contributed by atoms with E-state index in [0.29, 0.717) is 5.32 Å². The van der Waals surface area contributed by atoms with Crippen LogP contribution in [-0.2, 0) is 0 Å². The van der Waals surface area contributed by atoms with Crippen LogP contribution in [0.5, 0.6) is 0 Å². The standard InChI is InChI=1S/C14H4Cl3F12N3O/c15-3-1-4(16)6(5(17)2-3)7(33)30-8-9(11(18,19)20,12(21,22)23)32-10(31-8,13(24,25)26)14(27,28)29/h1-2,32H,(H,30,31,33). The van der Waals surface area contributed by atoms with E-state index in [0.717, 1.165) is 12.1 Å². The van der Waals surface area contributed by atoms with Crippen LogP contribution < -0.4 is 10.6 Å². The molecule has 0 atom stereocenters. The van der Waals surface area contributed by atoms with Crippen molar-refractivity contribution in [2.45, 2.75) is 35.9 Å². The van der Waals surface area contributed by atoms with E-state index in [1.165, 1.54) is 0 Å². The molecule has 1 heterocycles. The van der Waals surface area contributed by atoms with E-state index in [2.05, 4.69) is 0 Å². The van der Waals surface area contributed by atoms with Crippen molar-refractivity contribution in [3.63, 3.8) is 0 Å². The predicted octanol–water partition coefficient (Wildman–Crippen LogP) is 6.06. The predicted molar refractivity (Wildman–Crippen MR) is 89.2 cm³/mol. The first-order valence-corrected chi connectivity index (χ1v) is 8.77. The summed E-state index contributed by atoms with van der Waals surface area (Å²) in [5.74, 6) is -5.23. The van der Waals surface area contributed by atoms with E-state index in [-0.39, 0.29) is 5.02 Å². The highest BCUT2D eigenvalue weighted by Crippen LogP contribution is 2.55. The number of rotatable bonds is 1. The molecule has 0 spiro atoms. The highest BCUT2D eigenvalue weighted by Gasteiger charge is 2.86. The second-order valence-corrected chi connectivity index (χ2v) is 7.49. The largest absolute Gasteiger partial charge is 0.436 e. The summed E-state index contributed by atoms with van der Waals surface area (Å²) in [6.45, 7) is 0. The molecule has 0 saturated heterocycles. The minimum absolute atomic E-state index is 0.283. The van der Waals surface area contributed by atoms with Crippen LogP contribution in [0.15, 0.2) is 17.1 Å². The van der Waals surface area contributed by atoms with E-state index in [1.54, 1.807) is 4.99 Å². The zero-order chi connectivity index (χ0) is 26.0. The molecule has 0 fully saturated rings. The number of nitrogens with zero attached hydrogens (tertiary/aromatic N) is 1. The summed E-state index contributed by atoms with van der Waals surface area (Å²) in [6, 6.07) is 1.43. The van der Waals surface area contributed by atoms with Gasteiger partial charge in [0.15, 0.2) is 0 Å². The number of carbonyl (C=O) groups excluding carboxylic acids is 1. The molecule has 1 aliphatic heterocycles. The second kappa shape index (κ2) is 7.95. The third-order valence-corrected chi connectivity index (χ3v) is 4.95. The van der Waals surface area contributed by atoms with Crippen molar-refractivity contribution in [2.75, 3.05) is 0 Å². The number of benzene rings is 1. The highest BCUT2D eigenvalue weighted by molar-refractivity contribution is 6.42. The maximum atomic E-state index is 13.5. The van der Waals surface area contributed by atoms with Crippen molar-refractivity contribution in [1.29, 1.82) is 0 Å². The molecule has 0 aromatic heterocycles. The third-order valence-electron chi connectivity index (χ3n) is 4.14. The Hall–Kier alpha value is -1.65. The van der Waals surface area contributed by atoms with Crippen molar-refractivity contribution < 1.29 is 57.5 Å². The van der Waals surface area contributed by atoms with Gasteiger partial charge < -0.3 is 5.32 Å². The molecule has 33 heavy (non-hydrogen) atoms. The lowest BCUT2D eigenvalue weighted by molar-refractivity contribution is -0.333. The first-order valence-electron chi connectivity index (χ1n) is 7.64. The molecule has 1 aliphatic rings. The molecule has 0 unspecified atom stereocenters. The number of aliphatic imine (C=N–C) groups is 1. The molecular weight excluding hydrogens is 561 g/mol. The van der Waals surface area contributed by atoms with E-state index < -0.39 is 68.6 Å². The number of hydrogen-bond donors (Lipinski definition) is 2. The van der Waals surface area contributed by atoms with Crippen LogP contribution in [0.4, 0.5) is 52.7 Å².